The van der Waals surface area contributed by atoms with E-state index >= 15 is 0 Å². The molecule has 1 heterocycles. The van der Waals surface area contributed by atoms with Crippen molar-refractivity contribution >= 4 is 17.4 Å². The minimum Gasteiger partial charge on any atom is -0.371 e. The van der Waals surface area contributed by atoms with Crippen molar-refractivity contribution in [2.45, 2.75) is 39.8 Å². The maximum atomic E-state index is 11.9. The molecule has 0 unspecified atom stereocenters. The first kappa shape index (κ1) is 13.2. The number of rotatable bonds is 6. The molecular weight excluding hydrogens is 228 g/mol. The molecule has 16 heavy (non-hydrogen) atoms. The maximum absolute atomic E-state index is 11.9. The lowest BCUT2D eigenvalue weighted by molar-refractivity contribution is 0.0576. The van der Waals surface area contributed by atoms with E-state index in [0.29, 0.717) is 17.3 Å². The molecule has 0 saturated carbocycles. The molecule has 0 aliphatic carbocycles. The molecule has 1 aromatic rings. The first-order valence-corrected chi connectivity index (χ1v) is 5.80. The second kappa shape index (κ2) is 6.01. The van der Waals surface area contributed by atoms with Crippen molar-refractivity contribution in [3.05, 3.63) is 16.9 Å². The summed E-state index contributed by atoms with van der Waals surface area (Å²) in [6, 6.07) is 0. The van der Waals surface area contributed by atoms with Gasteiger partial charge >= 0.3 is 0 Å². The highest BCUT2D eigenvalue weighted by Crippen LogP contribution is 2.16. The van der Waals surface area contributed by atoms with Gasteiger partial charge in [-0.3, -0.25) is 9.48 Å². The van der Waals surface area contributed by atoms with E-state index in [9.17, 15) is 4.79 Å². The molecule has 0 bridgehead atoms. The molecule has 0 fully saturated rings. The number of hydrogen-bond acceptors (Lipinski definition) is 3. The van der Waals surface area contributed by atoms with Crippen LogP contribution in [0.2, 0.25) is 5.02 Å². The molecule has 0 aliphatic rings. The number of nitrogens with zero attached hydrogens (tertiary/aromatic N) is 2. The second-order valence-electron chi connectivity index (χ2n) is 3.85. The molecule has 0 spiro atoms. The largest absolute Gasteiger partial charge is 0.371 e. The fraction of sp³-hybridized carbons (Fsp3) is 0.636. The van der Waals surface area contributed by atoms with Crippen LogP contribution in [0.1, 0.15) is 37.7 Å². The standard InChI is InChI=1S/C11H17ClN2O2/c1-4-5-14-11(9(12)6-13-14)10(15)7-16-8(2)3/h6,8H,4-5,7H2,1-3H3. The minimum absolute atomic E-state index is 0.0327. The van der Waals surface area contributed by atoms with Crippen LogP contribution in [-0.2, 0) is 11.3 Å². The lowest BCUT2D eigenvalue weighted by atomic mass is 10.3. The highest BCUT2D eigenvalue weighted by molar-refractivity contribution is 6.33. The Morgan fingerprint density at radius 1 is 1.62 bits per heavy atom. The number of carbonyl (C=O) groups excluding carboxylic acids is 1. The average molecular weight is 245 g/mol. The number of ketones is 1. The summed E-state index contributed by atoms with van der Waals surface area (Å²) in [4.78, 5) is 11.9. The number of ether oxygens (including phenoxy) is 1. The highest BCUT2D eigenvalue weighted by atomic mass is 35.5. The lowest BCUT2D eigenvalue weighted by Gasteiger charge is -2.08. The van der Waals surface area contributed by atoms with Gasteiger partial charge in [-0.05, 0) is 20.3 Å². The normalized spacial score (nSPS) is 11.1. The van der Waals surface area contributed by atoms with Crippen LogP contribution >= 0.6 is 11.6 Å². The number of aryl methyl sites for hydroxylation is 1. The Labute approximate surface area is 101 Å². The zero-order valence-corrected chi connectivity index (χ0v) is 10.6. The molecule has 0 radical (unpaired) electrons. The molecule has 90 valence electrons. The van der Waals surface area contributed by atoms with E-state index in [-0.39, 0.29) is 18.5 Å². The van der Waals surface area contributed by atoms with Crippen LogP contribution < -0.4 is 0 Å². The van der Waals surface area contributed by atoms with Crippen molar-refractivity contribution in [3.63, 3.8) is 0 Å². The summed E-state index contributed by atoms with van der Waals surface area (Å²) < 4.78 is 6.90. The third-order valence-corrected chi connectivity index (χ3v) is 2.32. The molecule has 4 nitrogen and oxygen atoms in total. The first-order chi connectivity index (χ1) is 7.56. The highest BCUT2D eigenvalue weighted by Gasteiger charge is 2.17. The molecule has 0 aliphatic heterocycles. The SMILES string of the molecule is CCCn1ncc(Cl)c1C(=O)COC(C)C. The van der Waals surface area contributed by atoms with Gasteiger partial charge in [0.15, 0.2) is 0 Å². The Morgan fingerprint density at radius 2 is 2.31 bits per heavy atom. The zero-order valence-electron chi connectivity index (χ0n) is 9.86. The molecular formula is C11H17ClN2O2. The van der Waals surface area contributed by atoms with E-state index in [4.69, 9.17) is 16.3 Å². The summed E-state index contributed by atoms with van der Waals surface area (Å²) >= 11 is 5.93. The molecule has 0 saturated heterocycles. The number of Topliss-reactive ketones (excluding diaryl/α,β-unsaturated/α-hetero) is 1. The predicted molar refractivity (Wildman–Crippen MR) is 62.9 cm³/mol. The molecule has 0 amide bonds. The Hall–Kier alpha value is -0.870. The van der Waals surface area contributed by atoms with E-state index in [1.54, 1.807) is 4.68 Å². The number of carbonyl (C=O) groups is 1. The van der Waals surface area contributed by atoms with Gasteiger partial charge < -0.3 is 4.74 Å². The van der Waals surface area contributed by atoms with Gasteiger partial charge in [0.1, 0.15) is 12.3 Å². The van der Waals surface area contributed by atoms with Crippen LogP contribution in [0.25, 0.3) is 0 Å². The predicted octanol–water partition coefficient (Wildman–Crippen LogP) is 2.55. The minimum atomic E-state index is -0.121. The zero-order chi connectivity index (χ0) is 12.1. The Bertz CT molecular complexity index is 361. The van der Waals surface area contributed by atoms with Gasteiger partial charge in [-0.2, -0.15) is 5.10 Å². The summed E-state index contributed by atoms with van der Waals surface area (Å²) in [6.45, 7) is 6.53. The third kappa shape index (κ3) is 3.32. The molecule has 5 heteroatoms. The first-order valence-electron chi connectivity index (χ1n) is 5.42. The van der Waals surface area contributed by atoms with Gasteiger partial charge in [0.05, 0.1) is 17.3 Å². The van der Waals surface area contributed by atoms with Gasteiger partial charge in [-0.25, -0.2) is 0 Å². The van der Waals surface area contributed by atoms with E-state index in [1.165, 1.54) is 6.20 Å². The smallest absolute Gasteiger partial charge is 0.207 e. The monoisotopic (exact) mass is 244 g/mol. The molecule has 1 rings (SSSR count). The van der Waals surface area contributed by atoms with Crippen molar-refractivity contribution in [1.82, 2.24) is 9.78 Å². The maximum Gasteiger partial charge on any atom is 0.207 e. The molecule has 0 atom stereocenters. The fourth-order valence-corrected chi connectivity index (χ4v) is 1.58. The van der Waals surface area contributed by atoms with E-state index < -0.39 is 0 Å². The molecule has 1 aromatic heterocycles. The van der Waals surface area contributed by atoms with E-state index in [1.807, 2.05) is 20.8 Å². The van der Waals surface area contributed by atoms with Crippen molar-refractivity contribution in [2.24, 2.45) is 0 Å². The lowest BCUT2D eigenvalue weighted by Crippen LogP contribution is -2.18. The van der Waals surface area contributed by atoms with Crippen molar-refractivity contribution < 1.29 is 9.53 Å². The number of aromatic nitrogens is 2. The quantitative estimate of drug-likeness (QED) is 0.723. The van der Waals surface area contributed by atoms with Crippen molar-refractivity contribution in [3.8, 4) is 0 Å². The number of hydrogen-bond donors (Lipinski definition) is 0. The van der Waals surface area contributed by atoms with Gasteiger partial charge in [-0.1, -0.05) is 18.5 Å². The average Bonchev–Trinajstić information content (AvgIpc) is 2.57. The van der Waals surface area contributed by atoms with Gasteiger partial charge in [0.2, 0.25) is 5.78 Å². The Kier molecular flexibility index (Phi) is 4.96. The Balaban J connectivity index is 2.76. The topological polar surface area (TPSA) is 44.1 Å². The van der Waals surface area contributed by atoms with Crippen LogP contribution in [0, 0.1) is 0 Å². The van der Waals surface area contributed by atoms with Crippen molar-refractivity contribution in [1.29, 1.82) is 0 Å². The van der Waals surface area contributed by atoms with Crippen LogP contribution in [-0.4, -0.2) is 28.3 Å². The second-order valence-corrected chi connectivity index (χ2v) is 4.25. The van der Waals surface area contributed by atoms with Gasteiger partial charge in [-0.15, -0.1) is 0 Å². The van der Waals surface area contributed by atoms with Gasteiger partial charge in [0.25, 0.3) is 0 Å². The summed E-state index contributed by atoms with van der Waals surface area (Å²) in [5, 5.41) is 4.46. The molecule has 0 N–H and O–H groups in total. The van der Waals surface area contributed by atoms with Crippen molar-refractivity contribution in [2.75, 3.05) is 6.61 Å². The summed E-state index contributed by atoms with van der Waals surface area (Å²) in [6.07, 6.45) is 2.44. The van der Waals surface area contributed by atoms with Crippen LogP contribution in [0.15, 0.2) is 6.20 Å². The van der Waals surface area contributed by atoms with E-state index in [2.05, 4.69) is 5.10 Å². The van der Waals surface area contributed by atoms with Gasteiger partial charge in [0, 0.05) is 6.54 Å². The van der Waals surface area contributed by atoms with Crippen LogP contribution in [0.5, 0.6) is 0 Å². The number of halogens is 1. The summed E-state index contributed by atoms with van der Waals surface area (Å²) in [7, 11) is 0. The third-order valence-electron chi connectivity index (χ3n) is 2.04. The Morgan fingerprint density at radius 3 is 2.88 bits per heavy atom. The van der Waals surface area contributed by atoms with E-state index in [0.717, 1.165) is 6.42 Å². The fourth-order valence-electron chi connectivity index (χ4n) is 1.33. The summed E-state index contributed by atoms with van der Waals surface area (Å²) in [5.74, 6) is -0.121. The van der Waals surface area contributed by atoms with Crippen LogP contribution in [0.3, 0.4) is 0 Å². The summed E-state index contributed by atoms with van der Waals surface area (Å²) in [5.41, 5.74) is 0.448. The molecule has 0 aromatic carbocycles. The van der Waals surface area contributed by atoms with Crippen LogP contribution in [0.4, 0.5) is 0 Å².